The molecule has 4 rings (SSSR count). The van der Waals surface area contributed by atoms with Gasteiger partial charge >= 0.3 is 0 Å². The molecule has 5 nitrogen and oxygen atoms in total. The first kappa shape index (κ1) is 18.2. The van der Waals surface area contributed by atoms with Crippen molar-refractivity contribution < 1.29 is 14.5 Å². The van der Waals surface area contributed by atoms with Crippen molar-refractivity contribution >= 4 is 28.8 Å². The van der Waals surface area contributed by atoms with Crippen molar-refractivity contribution in [1.29, 1.82) is 0 Å². The van der Waals surface area contributed by atoms with E-state index in [1.54, 1.807) is 43.3 Å². The van der Waals surface area contributed by atoms with Gasteiger partial charge < -0.3 is 15.1 Å². The molecule has 1 aromatic carbocycles. The third-order valence-corrected chi connectivity index (χ3v) is 6.53. The van der Waals surface area contributed by atoms with E-state index < -0.39 is 0 Å². The van der Waals surface area contributed by atoms with E-state index in [2.05, 4.69) is 16.8 Å². The standard InChI is InChI=1S/C21H25N3O2S/c1-23(2)21(26)15-5-7-16(8-6-15)22-19(25)13-24-11-9-18-17(10-12-27-18)20(24)14-3-4-14/h5-8,10,12,14,20H,3-4,9,11,13H2,1-2H3,(H,22,25)/p+1/t20-/m0/s1. The highest BCUT2D eigenvalue weighted by Gasteiger charge is 2.43. The van der Waals surface area contributed by atoms with Crippen molar-refractivity contribution in [2.45, 2.75) is 25.3 Å². The van der Waals surface area contributed by atoms with E-state index in [9.17, 15) is 9.59 Å². The van der Waals surface area contributed by atoms with E-state index in [1.807, 2.05) is 11.3 Å². The molecule has 142 valence electrons. The molecule has 1 aromatic heterocycles. The average Bonchev–Trinajstić information content (AvgIpc) is 3.37. The molecule has 2 N–H and O–H groups in total. The largest absolute Gasteiger partial charge is 0.345 e. The van der Waals surface area contributed by atoms with Crippen molar-refractivity contribution in [3.8, 4) is 0 Å². The molecule has 2 heterocycles. The summed E-state index contributed by atoms with van der Waals surface area (Å²) in [6, 6.07) is 9.86. The number of hydrogen-bond acceptors (Lipinski definition) is 3. The van der Waals surface area contributed by atoms with Gasteiger partial charge in [-0.15, -0.1) is 11.3 Å². The molecule has 1 unspecified atom stereocenters. The average molecular weight is 385 g/mol. The van der Waals surface area contributed by atoms with Crippen molar-refractivity contribution in [3.63, 3.8) is 0 Å². The van der Waals surface area contributed by atoms with Gasteiger partial charge in [0, 0.05) is 48.1 Å². The van der Waals surface area contributed by atoms with E-state index in [-0.39, 0.29) is 11.8 Å². The van der Waals surface area contributed by atoms with Crippen molar-refractivity contribution in [2.75, 3.05) is 32.5 Å². The van der Waals surface area contributed by atoms with Crippen molar-refractivity contribution in [1.82, 2.24) is 4.90 Å². The van der Waals surface area contributed by atoms with Crippen LogP contribution in [0.2, 0.25) is 0 Å². The van der Waals surface area contributed by atoms with E-state index in [4.69, 9.17) is 0 Å². The summed E-state index contributed by atoms with van der Waals surface area (Å²) in [6.07, 6.45) is 3.64. The molecule has 1 aliphatic heterocycles. The SMILES string of the molecule is CN(C)C(=O)c1ccc(NC(=O)C[NH+]2CCc3sccc3[C@@H]2C2CC2)cc1. The number of hydrogen-bond donors (Lipinski definition) is 2. The molecule has 2 aromatic rings. The van der Waals surface area contributed by atoms with Crippen LogP contribution in [0.15, 0.2) is 35.7 Å². The van der Waals surface area contributed by atoms with Crippen LogP contribution in [0.3, 0.4) is 0 Å². The number of quaternary nitrogens is 1. The Morgan fingerprint density at radius 2 is 1.93 bits per heavy atom. The Kier molecular flexibility index (Phi) is 5.02. The normalized spacial score (nSPS) is 21.4. The smallest absolute Gasteiger partial charge is 0.279 e. The van der Waals surface area contributed by atoms with Crippen LogP contribution in [0.4, 0.5) is 5.69 Å². The molecule has 0 spiro atoms. The number of rotatable bonds is 5. The number of anilines is 1. The fraction of sp³-hybridized carbons (Fsp3) is 0.429. The Morgan fingerprint density at radius 1 is 1.19 bits per heavy atom. The van der Waals surface area contributed by atoms with Gasteiger partial charge in [0.1, 0.15) is 6.04 Å². The monoisotopic (exact) mass is 384 g/mol. The lowest BCUT2D eigenvalue weighted by molar-refractivity contribution is -0.928. The molecule has 6 heteroatoms. The summed E-state index contributed by atoms with van der Waals surface area (Å²) in [5, 5.41) is 5.19. The summed E-state index contributed by atoms with van der Waals surface area (Å²) in [6.45, 7) is 1.52. The number of fused-ring (bicyclic) bond motifs is 1. The van der Waals surface area contributed by atoms with Crippen LogP contribution >= 0.6 is 11.3 Å². The first-order valence-corrected chi connectivity index (χ1v) is 10.4. The quantitative estimate of drug-likeness (QED) is 0.828. The van der Waals surface area contributed by atoms with Crippen LogP contribution in [0.25, 0.3) is 0 Å². The summed E-state index contributed by atoms with van der Waals surface area (Å²) in [5.74, 6) is 0.739. The zero-order valence-electron chi connectivity index (χ0n) is 15.8. The van der Waals surface area contributed by atoms with Crippen LogP contribution in [-0.4, -0.2) is 43.9 Å². The first-order valence-electron chi connectivity index (χ1n) is 9.55. The molecule has 2 atom stereocenters. The molecule has 2 amide bonds. The minimum absolute atomic E-state index is 0.0375. The lowest BCUT2D eigenvalue weighted by Gasteiger charge is -2.32. The minimum Gasteiger partial charge on any atom is -0.345 e. The Hall–Kier alpha value is -2.18. The highest BCUT2D eigenvalue weighted by molar-refractivity contribution is 7.10. The highest BCUT2D eigenvalue weighted by Crippen LogP contribution is 2.42. The second kappa shape index (κ2) is 7.44. The third-order valence-electron chi connectivity index (χ3n) is 5.53. The van der Waals surface area contributed by atoms with E-state index >= 15 is 0 Å². The van der Waals surface area contributed by atoms with E-state index in [0.717, 1.165) is 24.6 Å². The van der Waals surface area contributed by atoms with Gasteiger partial charge in [-0.05, 0) is 48.6 Å². The lowest BCUT2D eigenvalue weighted by atomic mass is 9.96. The summed E-state index contributed by atoms with van der Waals surface area (Å²) < 4.78 is 0. The number of carbonyl (C=O) groups excluding carboxylic acids is 2. The predicted molar refractivity (Wildman–Crippen MR) is 107 cm³/mol. The van der Waals surface area contributed by atoms with Crippen molar-refractivity contribution in [3.05, 3.63) is 51.7 Å². The highest BCUT2D eigenvalue weighted by atomic mass is 32.1. The predicted octanol–water partition coefficient (Wildman–Crippen LogP) is 1.98. The molecule has 1 aliphatic carbocycles. The number of nitrogens with one attached hydrogen (secondary N) is 2. The van der Waals surface area contributed by atoms with Crippen LogP contribution in [0, 0.1) is 5.92 Å². The fourth-order valence-corrected chi connectivity index (χ4v) is 4.99. The molecule has 0 saturated heterocycles. The molecule has 0 bridgehead atoms. The minimum atomic E-state index is -0.0375. The topological polar surface area (TPSA) is 53.9 Å². The van der Waals surface area contributed by atoms with Gasteiger partial charge in [0.05, 0.1) is 6.54 Å². The van der Waals surface area contributed by atoms with Crippen LogP contribution < -0.4 is 10.2 Å². The third kappa shape index (κ3) is 3.92. The van der Waals surface area contributed by atoms with Gasteiger partial charge in [-0.2, -0.15) is 0 Å². The molecule has 27 heavy (non-hydrogen) atoms. The summed E-state index contributed by atoms with van der Waals surface area (Å²) in [4.78, 5) is 29.0. The summed E-state index contributed by atoms with van der Waals surface area (Å²) >= 11 is 1.86. The first-order chi connectivity index (χ1) is 13.0. The maximum Gasteiger partial charge on any atom is 0.279 e. The number of benzene rings is 1. The number of nitrogens with zero attached hydrogens (tertiary/aromatic N) is 1. The van der Waals surface area contributed by atoms with Crippen LogP contribution in [0.1, 0.15) is 39.7 Å². The molecular weight excluding hydrogens is 358 g/mol. The van der Waals surface area contributed by atoms with Gasteiger partial charge in [0.2, 0.25) is 0 Å². The molecule has 1 saturated carbocycles. The van der Waals surface area contributed by atoms with Gasteiger partial charge in [0.15, 0.2) is 6.54 Å². The van der Waals surface area contributed by atoms with Crippen molar-refractivity contribution in [2.24, 2.45) is 5.92 Å². The number of amides is 2. The lowest BCUT2D eigenvalue weighted by Crippen LogP contribution is -3.14. The van der Waals surface area contributed by atoms with Gasteiger partial charge in [-0.3, -0.25) is 9.59 Å². The Morgan fingerprint density at radius 3 is 2.59 bits per heavy atom. The van der Waals surface area contributed by atoms with Crippen LogP contribution in [0.5, 0.6) is 0 Å². The second-order valence-corrected chi connectivity index (χ2v) is 8.78. The second-order valence-electron chi connectivity index (χ2n) is 7.77. The number of carbonyl (C=O) groups is 2. The summed E-state index contributed by atoms with van der Waals surface area (Å²) in [7, 11) is 3.46. The van der Waals surface area contributed by atoms with Gasteiger partial charge in [0.25, 0.3) is 11.8 Å². The maximum atomic E-state index is 12.6. The Balaban J connectivity index is 1.40. The summed E-state index contributed by atoms with van der Waals surface area (Å²) in [5.41, 5.74) is 2.84. The molecule has 0 radical (unpaired) electrons. The zero-order valence-corrected chi connectivity index (χ0v) is 16.6. The molecule has 2 aliphatic rings. The van der Waals surface area contributed by atoms with E-state index in [0.29, 0.717) is 18.2 Å². The molecular formula is C21H26N3O2S+. The fourth-order valence-electron chi connectivity index (χ4n) is 4.06. The van der Waals surface area contributed by atoms with E-state index in [1.165, 1.54) is 28.2 Å². The Labute approximate surface area is 164 Å². The molecule has 1 fully saturated rings. The maximum absolute atomic E-state index is 12.6. The van der Waals surface area contributed by atoms with Gasteiger partial charge in [-0.25, -0.2) is 0 Å². The number of thiophene rings is 1. The van der Waals surface area contributed by atoms with Gasteiger partial charge in [-0.1, -0.05) is 0 Å². The zero-order chi connectivity index (χ0) is 19.0. The van der Waals surface area contributed by atoms with Crippen LogP contribution in [-0.2, 0) is 11.2 Å². The Bertz CT molecular complexity index is 839.